The SMILES string of the molecule is CNC(=O)c1ccccc1NC(=O)/C=C/c1c(C)nn(Cc2ccc(C)cc2)c1C. The Hall–Kier alpha value is -3.67. The van der Waals surface area contributed by atoms with Gasteiger partial charge in [-0.25, -0.2) is 0 Å². The monoisotopic (exact) mass is 402 g/mol. The molecule has 2 amide bonds. The van der Waals surface area contributed by atoms with Gasteiger partial charge in [-0.3, -0.25) is 14.3 Å². The lowest BCUT2D eigenvalue weighted by Crippen LogP contribution is -2.20. The molecule has 0 saturated carbocycles. The molecule has 2 aromatic carbocycles. The molecule has 6 heteroatoms. The van der Waals surface area contributed by atoms with E-state index in [1.54, 1.807) is 37.4 Å². The number of nitrogens with one attached hydrogen (secondary N) is 2. The Balaban J connectivity index is 1.75. The van der Waals surface area contributed by atoms with Gasteiger partial charge in [0.2, 0.25) is 5.91 Å². The van der Waals surface area contributed by atoms with E-state index in [1.807, 2.05) is 18.5 Å². The van der Waals surface area contributed by atoms with Crippen LogP contribution in [0.2, 0.25) is 0 Å². The van der Waals surface area contributed by atoms with Crippen molar-refractivity contribution in [3.05, 3.63) is 88.2 Å². The maximum Gasteiger partial charge on any atom is 0.253 e. The molecule has 2 N–H and O–H groups in total. The second kappa shape index (κ2) is 9.22. The molecule has 0 aliphatic heterocycles. The standard InChI is InChI=1S/C24H26N4O2/c1-16-9-11-19(12-10-16)15-28-18(3)20(17(2)27-28)13-14-23(29)26-22-8-6-5-7-21(22)24(30)25-4/h5-14H,15H2,1-4H3,(H,25,30)(H,26,29)/b14-13+. The smallest absolute Gasteiger partial charge is 0.253 e. The first-order chi connectivity index (χ1) is 14.4. The first kappa shape index (κ1) is 21.0. The Kier molecular flexibility index (Phi) is 6.47. The minimum atomic E-state index is -0.309. The van der Waals surface area contributed by atoms with E-state index >= 15 is 0 Å². The molecule has 0 atom stereocenters. The van der Waals surface area contributed by atoms with Crippen molar-refractivity contribution < 1.29 is 9.59 Å². The van der Waals surface area contributed by atoms with E-state index in [9.17, 15) is 9.59 Å². The number of benzene rings is 2. The van der Waals surface area contributed by atoms with Crippen LogP contribution in [0.15, 0.2) is 54.6 Å². The summed E-state index contributed by atoms with van der Waals surface area (Å²) in [6.07, 6.45) is 3.23. The third kappa shape index (κ3) is 4.84. The highest BCUT2D eigenvalue weighted by Gasteiger charge is 2.12. The van der Waals surface area contributed by atoms with Gasteiger partial charge in [0.25, 0.3) is 5.91 Å². The van der Waals surface area contributed by atoms with E-state index < -0.39 is 0 Å². The predicted molar refractivity (Wildman–Crippen MR) is 119 cm³/mol. The summed E-state index contributed by atoms with van der Waals surface area (Å²) in [5, 5.41) is 9.97. The topological polar surface area (TPSA) is 76.0 Å². The summed E-state index contributed by atoms with van der Waals surface area (Å²) < 4.78 is 1.94. The predicted octanol–water partition coefficient (Wildman–Crippen LogP) is 3.87. The summed E-state index contributed by atoms with van der Waals surface area (Å²) in [4.78, 5) is 24.4. The van der Waals surface area contributed by atoms with Crippen LogP contribution in [0.4, 0.5) is 5.69 Å². The third-order valence-electron chi connectivity index (χ3n) is 4.95. The molecule has 0 bridgehead atoms. The molecular weight excluding hydrogens is 376 g/mol. The highest BCUT2D eigenvalue weighted by atomic mass is 16.2. The number of para-hydroxylation sites is 1. The fourth-order valence-electron chi connectivity index (χ4n) is 3.23. The van der Waals surface area contributed by atoms with Crippen molar-refractivity contribution in [2.75, 3.05) is 12.4 Å². The zero-order chi connectivity index (χ0) is 21.7. The van der Waals surface area contributed by atoms with E-state index in [-0.39, 0.29) is 11.8 Å². The number of rotatable bonds is 6. The van der Waals surface area contributed by atoms with Gasteiger partial charge in [-0.1, -0.05) is 42.0 Å². The first-order valence-electron chi connectivity index (χ1n) is 9.78. The van der Waals surface area contributed by atoms with Crippen LogP contribution in [0.5, 0.6) is 0 Å². The average Bonchev–Trinajstić information content (AvgIpc) is 3.00. The van der Waals surface area contributed by atoms with Gasteiger partial charge < -0.3 is 10.6 Å². The average molecular weight is 402 g/mol. The molecule has 0 fully saturated rings. The molecule has 0 saturated heterocycles. The second-order valence-electron chi connectivity index (χ2n) is 7.18. The number of aryl methyl sites for hydroxylation is 2. The molecule has 1 heterocycles. The number of hydrogen-bond donors (Lipinski definition) is 2. The van der Waals surface area contributed by atoms with Crippen LogP contribution >= 0.6 is 0 Å². The van der Waals surface area contributed by atoms with Crippen LogP contribution < -0.4 is 10.6 Å². The first-order valence-corrected chi connectivity index (χ1v) is 9.78. The fourth-order valence-corrected chi connectivity index (χ4v) is 3.23. The summed E-state index contributed by atoms with van der Waals surface area (Å²) in [7, 11) is 1.56. The maximum atomic E-state index is 12.4. The lowest BCUT2D eigenvalue weighted by atomic mass is 10.1. The fraction of sp³-hybridized carbons (Fsp3) is 0.208. The van der Waals surface area contributed by atoms with Crippen molar-refractivity contribution in [3.63, 3.8) is 0 Å². The number of aromatic nitrogens is 2. The van der Waals surface area contributed by atoms with E-state index in [4.69, 9.17) is 0 Å². The minimum Gasteiger partial charge on any atom is -0.355 e. The Morgan fingerprint density at radius 2 is 1.73 bits per heavy atom. The van der Waals surface area contributed by atoms with E-state index in [0.717, 1.165) is 17.0 Å². The number of hydrogen-bond acceptors (Lipinski definition) is 3. The van der Waals surface area contributed by atoms with E-state index in [1.165, 1.54) is 17.2 Å². The Labute approximate surface area is 176 Å². The van der Waals surface area contributed by atoms with Crippen molar-refractivity contribution in [2.45, 2.75) is 27.3 Å². The van der Waals surface area contributed by atoms with Crippen molar-refractivity contribution in [1.82, 2.24) is 15.1 Å². The summed E-state index contributed by atoms with van der Waals surface area (Å²) in [5.74, 6) is -0.560. The third-order valence-corrected chi connectivity index (χ3v) is 4.95. The van der Waals surface area contributed by atoms with Crippen molar-refractivity contribution in [3.8, 4) is 0 Å². The second-order valence-corrected chi connectivity index (χ2v) is 7.18. The van der Waals surface area contributed by atoms with Crippen LogP contribution in [0.3, 0.4) is 0 Å². The summed E-state index contributed by atoms with van der Waals surface area (Å²) in [6, 6.07) is 15.3. The zero-order valence-electron chi connectivity index (χ0n) is 17.7. The molecule has 0 unspecified atom stereocenters. The molecular formula is C24H26N4O2. The summed E-state index contributed by atoms with van der Waals surface area (Å²) in [6.45, 7) is 6.66. The quantitative estimate of drug-likeness (QED) is 0.615. The highest BCUT2D eigenvalue weighted by molar-refractivity contribution is 6.07. The molecule has 0 aliphatic rings. The lowest BCUT2D eigenvalue weighted by Gasteiger charge is -2.08. The van der Waals surface area contributed by atoms with Crippen LogP contribution in [0.1, 0.15) is 38.4 Å². The molecule has 3 aromatic rings. The number of anilines is 1. The number of amides is 2. The van der Waals surface area contributed by atoms with Crippen LogP contribution in [0.25, 0.3) is 6.08 Å². The number of carbonyl (C=O) groups excluding carboxylic acids is 2. The van der Waals surface area contributed by atoms with Gasteiger partial charge >= 0.3 is 0 Å². The summed E-state index contributed by atoms with van der Waals surface area (Å²) in [5.41, 5.74) is 6.04. The van der Waals surface area contributed by atoms with Crippen LogP contribution in [-0.2, 0) is 11.3 Å². The zero-order valence-corrected chi connectivity index (χ0v) is 17.7. The van der Waals surface area contributed by atoms with Crippen molar-refractivity contribution >= 4 is 23.6 Å². The number of nitrogens with zero attached hydrogens (tertiary/aromatic N) is 2. The molecule has 0 spiro atoms. The molecule has 6 nitrogen and oxygen atoms in total. The Bertz CT molecular complexity index is 1090. The molecule has 1 aromatic heterocycles. The van der Waals surface area contributed by atoms with Gasteiger partial charge in [-0.15, -0.1) is 0 Å². The maximum absolute atomic E-state index is 12.4. The van der Waals surface area contributed by atoms with E-state index in [2.05, 4.69) is 46.9 Å². The number of carbonyl (C=O) groups is 2. The van der Waals surface area contributed by atoms with E-state index in [0.29, 0.717) is 17.8 Å². The van der Waals surface area contributed by atoms with Gasteiger partial charge in [0.05, 0.1) is 23.5 Å². The molecule has 3 rings (SSSR count). The van der Waals surface area contributed by atoms with Gasteiger partial charge in [-0.2, -0.15) is 5.10 Å². The minimum absolute atomic E-state index is 0.251. The van der Waals surface area contributed by atoms with Crippen molar-refractivity contribution in [2.24, 2.45) is 0 Å². The Morgan fingerprint density at radius 3 is 2.43 bits per heavy atom. The van der Waals surface area contributed by atoms with Gasteiger partial charge in [-0.05, 0) is 44.5 Å². The highest BCUT2D eigenvalue weighted by Crippen LogP contribution is 2.18. The Morgan fingerprint density at radius 1 is 1.03 bits per heavy atom. The van der Waals surface area contributed by atoms with Gasteiger partial charge in [0.1, 0.15) is 0 Å². The van der Waals surface area contributed by atoms with Crippen molar-refractivity contribution in [1.29, 1.82) is 0 Å². The van der Waals surface area contributed by atoms with Gasteiger partial charge in [0, 0.05) is 24.4 Å². The molecule has 0 radical (unpaired) electrons. The largest absolute Gasteiger partial charge is 0.355 e. The molecule has 30 heavy (non-hydrogen) atoms. The summed E-state index contributed by atoms with van der Waals surface area (Å²) >= 11 is 0. The van der Waals surface area contributed by atoms with Crippen LogP contribution in [0, 0.1) is 20.8 Å². The molecule has 0 aliphatic carbocycles. The van der Waals surface area contributed by atoms with Crippen LogP contribution in [-0.4, -0.2) is 28.6 Å². The van der Waals surface area contributed by atoms with Gasteiger partial charge in [0.15, 0.2) is 0 Å². The molecule has 154 valence electrons. The lowest BCUT2D eigenvalue weighted by molar-refractivity contribution is -0.111. The normalized spacial score (nSPS) is 10.9.